The fourth-order valence-corrected chi connectivity index (χ4v) is 6.81. The van der Waals surface area contributed by atoms with E-state index in [4.69, 9.17) is 0 Å². The molecule has 100 valence electrons. The van der Waals surface area contributed by atoms with Gasteiger partial charge in [0.1, 0.15) is 7.11 Å². The molecule has 0 heterocycles. The van der Waals surface area contributed by atoms with Gasteiger partial charge in [0, 0.05) is 5.56 Å². The predicted molar refractivity (Wildman–Crippen MR) is 83.0 cm³/mol. The van der Waals surface area contributed by atoms with E-state index in [1.807, 2.05) is 7.11 Å². The molecule has 1 aromatic carbocycles. The van der Waals surface area contributed by atoms with Crippen LogP contribution >= 0.6 is 0 Å². The molecule has 0 fully saturated rings. The Balaban J connectivity index is 2.95. The molecule has 0 saturated heterocycles. The lowest BCUT2D eigenvalue weighted by Crippen LogP contribution is -2.35. The van der Waals surface area contributed by atoms with Gasteiger partial charge < -0.3 is 4.74 Å². The first-order valence-electron chi connectivity index (χ1n) is 7.18. The molecule has 0 amide bonds. The van der Waals surface area contributed by atoms with E-state index in [0.717, 1.165) is 18.4 Å². The Morgan fingerprint density at radius 1 is 1.00 bits per heavy atom. The van der Waals surface area contributed by atoms with Crippen molar-refractivity contribution in [2.24, 2.45) is 11.8 Å². The summed E-state index contributed by atoms with van der Waals surface area (Å²) in [6.45, 7) is 10.3. The van der Waals surface area contributed by atoms with Crippen molar-refractivity contribution >= 4 is 18.6 Å². The summed E-state index contributed by atoms with van der Waals surface area (Å²) < 4.78 is 5.99. The Bertz CT molecular complexity index is 337. The summed E-state index contributed by atoms with van der Waals surface area (Å²) in [5.41, 5.74) is 1.47. The van der Waals surface area contributed by atoms with Crippen molar-refractivity contribution in [2.75, 3.05) is 7.11 Å². The van der Waals surface area contributed by atoms with E-state index >= 15 is 0 Å². The maximum absolute atomic E-state index is 4.33. The highest BCUT2D eigenvalue weighted by Gasteiger charge is 2.24. The minimum atomic E-state index is -0.839. The van der Waals surface area contributed by atoms with Crippen LogP contribution < -0.4 is 4.43 Å². The Morgan fingerprint density at radius 3 is 2.06 bits per heavy atom. The highest BCUT2D eigenvalue weighted by atomic mass is 27.2. The SMILES string of the molecule is C[OH+]Cc1cccc[c]1[Al]([CH2]C(C)C)[CH2]C(C)C. The van der Waals surface area contributed by atoms with Crippen LogP contribution in [-0.4, -0.2) is 26.0 Å². The summed E-state index contributed by atoms with van der Waals surface area (Å²) in [6, 6.07) is 8.99. The largest absolute Gasteiger partial charge is 0.432 e. The third-order valence-corrected chi connectivity index (χ3v) is 7.80. The molecule has 0 aliphatic rings. The normalized spacial score (nSPS) is 11.3. The van der Waals surface area contributed by atoms with Gasteiger partial charge in [0.2, 0.25) is 0 Å². The quantitative estimate of drug-likeness (QED) is 0.528. The molecule has 1 N–H and O–H groups in total. The number of ether oxygens (including phenoxy) is 1. The Kier molecular flexibility index (Phi) is 7.01. The molecule has 1 aromatic rings. The fourth-order valence-electron chi connectivity index (χ4n) is 2.74. The van der Waals surface area contributed by atoms with Gasteiger partial charge in [0.15, 0.2) is 6.61 Å². The van der Waals surface area contributed by atoms with Crippen LogP contribution in [-0.2, 0) is 6.61 Å². The van der Waals surface area contributed by atoms with Gasteiger partial charge in [-0.05, 0) is 0 Å². The molecular weight excluding hydrogens is 235 g/mol. The molecule has 0 aromatic heterocycles. The highest BCUT2D eigenvalue weighted by Crippen LogP contribution is 2.16. The molecule has 1 nitrogen and oxygen atoms in total. The summed E-state index contributed by atoms with van der Waals surface area (Å²) >= 11 is -0.839. The Morgan fingerprint density at radius 2 is 1.56 bits per heavy atom. The minimum Gasteiger partial charge on any atom is -0.432 e. The van der Waals surface area contributed by atoms with Crippen molar-refractivity contribution in [2.45, 2.75) is 44.9 Å². The van der Waals surface area contributed by atoms with Crippen molar-refractivity contribution < 1.29 is 4.74 Å². The average Bonchev–Trinajstić information content (AvgIpc) is 2.28. The van der Waals surface area contributed by atoms with Gasteiger partial charge in [-0.1, -0.05) is 78.8 Å². The number of hydrogen-bond acceptors (Lipinski definition) is 0. The molecule has 18 heavy (non-hydrogen) atoms. The molecule has 0 aliphatic heterocycles. The van der Waals surface area contributed by atoms with Crippen LogP contribution in [0.4, 0.5) is 0 Å². The van der Waals surface area contributed by atoms with Gasteiger partial charge >= 0.3 is 14.1 Å². The van der Waals surface area contributed by atoms with Crippen LogP contribution in [0.25, 0.3) is 0 Å². The lowest BCUT2D eigenvalue weighted by Gasteiger charge is -2.19. The van der Waals surface area contributed by atoms with E-state index < -0.39 is 14.1 Å². The van der Waals surface area contributed by atoms with E-state index in [0.29, 0.717) is 0 Å². The van der Waals surface area contributed by atoms with E-state index in [9.17, 15) is 0 Å². The van der Waals surface area contributed by atoms with Crippen molar-refractivity contribution in [3.8, 4) is 0 Å². The standard InChI is InChI=1S/C8H9O.2C4H9.Al/c1-9-7-8-5-3-2-4-6-8;2*1-4(2)3;/h2-5H,7H2,1H3;2*4H,1H2,2-3H3;/p+1. The van der Waals surface area contributed by atoms with Gasteiger partial charge in [0.05, 0.1) is 0 Å². The van der Waals surface area contributed by atoms with E-state index in [1.165, 1.54) is 16.1 Å². The Labute approximate surface area is 117 Å². The lowest BCUT2D eigenvalue weighted by atomic mass is 10.2. The van der Waals surface area contributed by atoms with Crippen molar-refractivity contribution in [1.82, 2.24) is 0 Å². The molecular formula is C16H28AlO+. The number of aliphatic hydroxyl groups is 2. The first-order chi connectivity index (χ1) is 8.54. The molecule has 0 aliphatic carbocycles. The fraction of sp³-hybridized carbons (Fsp3) is 0.625. The van der Waals surface area contributed by atoms with Gasteiger partial charge in [-0.25, -0.2) is 0 Å². The topological polar surface area (TPSA) is 12.8 Å². The zero-order valence-corrected chi connectivity index (χ0v) is 13.8. The van der Waals surface area contributed by atoms with Gasteiger partial charge in [0.25, 0.3) is 0 Å². The monoisotopic (exact) mass is 263 g/mol. The second kappa shape index (κ2) is 8.00. The van der Waals surface area contributed by atoms with Crippen LogP contribution in [0.1, 0.15) is 33.3 Å². The van der Waals surface area contributed by atoms with Gasteiger partial charge in [-0.2, -0.15) is 0 Å². The summed E-state index contributed by atoms with van der Waals surface area (Å²) in [7, 11) is 1.91. The van der Waals surface area contributed by atoms with E-state index in [2.05, 4.69) is 56.7 Å². The van der Waals surface area contributed by atoms with Gasteiger partial charge in [-0.3, -0.25) is 0 Å². The average molecular weight is 263 g/mol. The molecule has 0 radical (unpaired) electrons. The smallest absolute Gasteiger partial charge is 0.307 e. The lowest BCUT2D eigenvalue weighted by molar-refractivity contribution is -0.000361. The van der Waals surface area contributed by atoms with E-state index in [-0.39, 0.29) is 0 Å². The van der Waals surface area contributed by atoms with E-state index in [1.54, 1.807) is 4.43 Å². The molecule has 0 atom stereocenters. The summed E-state index contributed by atoms with van der Waals surface area (Å²) in [6.07, 6.45) is 0. The minimum absolute atomic E-state index is 0.812. The zero-order valence-electron chi connectivity index (χ0n) is 12.6. The van der Waals surface area contributed by atoms with Crippen LogP contribution in [0.2, 0.25) is 10.6 Å². The van der Waals surface area contributed by atoms with Crippen LogP contribution in [0.3, 0.4) is 0 Å². The maximum atomic E-state index is 4.33. The third kappa shape index (κ3) is 5.14. The molecule has 0 saturated carbocycles. The van der Waals surface area contributed by atoms with Crippen molar-refractivity contribution in [3.05, 3.63) is 29.8 Å². The summed E-state index contributed by atoms with van der Waals surface area (Å²) in [4.78, 5) is 0. The van der Waals surface area contributed by atoms with Crippen molar-refractivity contribution in [1.29, 1.82) is 0 Å². The van der Waals surface area contributed by atoms with Crippen molar-refractivity contribution in [3.63, 3.8) is 0 Å². The van der Waals surface area contributed by atoms with Crippen LogP contribution in [0, 0.1) is 11.8 Å². The predicted octanol–water partition coefficient (Wildman–Crippen LogP) is 3.36. The Hall–Kier alpha value is -0.288. The van der Waals surface area contributed by atoms with Crippen LogP contribution in [0.5, 0.6) is 0 Å². The number of rotatable bonds is 7. The number of benzene rings is 1. The van der Waals surface area contributed by atoms with Gasteiger partial charge in [-0.15, -0.1) is 0 Å². The highest BCUT2D eigenvalue weighted by molar-refractivity contribution is 6.73. The summed E-state index contributed by atoms with van der Waals surface area (Å²) in [5.74, 6) is 1.62. The molecule has 0 unspecified atom stereocenters. The molecule has 0 spiro atoms. The number of hydrogen-bond donors (Lipinski definition) is 0. The maximum Gasteiger partial charge on any atom is 0.307 e. The first-order valence-corrected chi connectivity index (χ1v) is 9.39. The molecule has 2 heteroatoms. The molecule has 1 rings (SSSR count). The second-order valence-corrected chi connectivity index (χ2v) is 9.09. The second-order valence-electron chi connectivity index (χ2n) is 6.13. The summed E-state index contributed by atoms with van der Waals surface area (Å²) in [5, 5.41) is 2.83. The first kappa shape index (κ1) is 15.8. The van der Waals surface area contributed by atoms with Crippen LogP contribution in [0.15, 0.2) is 24.3 Å². The molecule has 0 bridgehead atoms. The zero-order chi connectivity index (χ0) is 13.5. The third-order valence-electron chi connectivity index (χ3n) is 3.34.